The van der Waals surface area contributed by atoms with Crippen molar-refractivity contribution < 1.29 is 4.79 Å². The van der Waals surface area contributed by atoms with Crippen molar-refractivity contribution in [1.29, 1.82) is 0 Å². The minimum absolute atomic E-state index is 0.0817. The Kier molecular flexibility index (Phi) is 3.44. The van der Waals surface area contributed by atoms with E-state index in [9.17, 15) is 4.79 Å². The van der Waals surface area contributed by atoms with Crippen LogP contribution >= 0.6 is 0 Å². The molecule has 88 valence electrons. The molecule has 0 aliphatic heterocycles. The lowest BCUT2D eigenvalue weighted by Crippen LogP contribution is -2.24. The maximum Gasteiger partial charge on any atom is 0.251 e. The molecule has 0 radical (unpaired) electrons. The lowest BCUT2D eigenvalue weighted by atomic mass is 10.2. The number of hydrogen-bond donors (Lipinski definition) is 1. The molecule has 2 aromatic rings. The highest BCUT2D eigenvalue weighted by molar-refractivity contribution is 5.94. The molecule has 6 heteroatoms. The van der Waals surface area contributed by atoms with E-state index >= 15 is 0 Å². The minimum atomic E-state index is -0.0817. The van der Waals surface area contributed by atoms with Gasteiger partial charge < -0.3 is 5.32 Å². The predicted octanol–water partition coefficient (Wildman–Crippen LogP) is 0.802. The minimum Gasteiger partial charge on any atom is -0.352 e. The van der Waals surface area contributed by atoms with Gasteiger partial charge in [0.15, 0.2) is 0 Å². The molecular formula is C11H13N5O. The predicted molar refractivity (Wildman–Crippen MR) is 61.8 cm³/mol. The molecule has 1 aromatic carbocycles. The van der Waals surface area contributed by atoms with E-state index in [-0.39, 0.29) is 5.91 Å². The molecule has 0 fully saturated rings. The van der Waals surface area contributed by atoms with Gasteiger partial charge in [-0.1, -0.05) is 13.0 Å². The Hall–Kier alpha value is -2.24. The largest absolute Gasteiger partial charge is 0.352 e. The molecule has 1 aromatic heterocycles. The highest BCUT2D eigenvalue weighted by Gasteiger charge is 2.06. The number of aromatic nitrogens is 4. The summed E-state index contributed by atoms with van der Waals surface area (Å²) in [6.45, 7) is 2.69. The van der Waals surface area contributed by atoms with Gasteiger partial charge in [0.1, 0.15) is 6.33 Å². The molecule has 0 saturated heterocycles. The summed E-state index contributed by atoms with van der Waals surface area (Å²) in [6, 6.07) is 7.16. The first-order valence-corrected chi connectivity index (χ1v) is 5.43. The molecule has 2 rings (SSSR count). The van der Waals surface area contributed by atoms with Crippen molar-refractivity contribution >= 4 is 5.91 Å². The van der Waals surface area contributed by atoms with E-state index in [4.69, 9.17) is 0 Å². The Labute approximate surface area is 98.6 Å². The van der Waals surface area contributed by atoms with Crippen LogP contribution in [0.15, 0.2) is 30.6 Å². The molecule has 0 bridgehead atoms. The number of nitrogens with one attached hydrogen (secondary N) is 1. The zero-order valence-corrected chi connectivity index (χ0v) is 9.50. The fraction of sp³-hybridized carbons (Fsp3) is 0.273. The van der Waals surface area contributed by atoms with Crippen LogP contribution in [0, 0.1) is 0 Å². The van der Waals surface area contributed by atoms with Crippen LogP contribution in [0.4, 0.5) is 0 Å². The third-order valence-corrected chi connectivity index (χ3v) is 2.26. The monoisotopic (exact) mass is 231 g/mol. The second-order valence-corrected chi connectivity index (χ2v) is 3.56. The number of tetrazole rings is 1. The van der Waals surface area contributed by atoms with E-state index in [1.807, 2.05) is 13.0 Å². The Balaban J connectivity index is 2.20. The van der Waals surface area contributed by atoms with Crippen LogP contribution in [0.25, 0.3) is 5.69 Å². The lowest BCUT2D eigenvalue weighted by Gasteiger charge is -2.05. The summed E-state index contributed by atoms with van der Waals surface area (Å²) in [6.07, 6.45) is 2.40. The van der Waals surface area contributed by atoms with Crippen LogP contribution in [-0.2, 0) is 0 Å². The van der Waals surface area contributed by atoms with Gasteiger partial charge >= 0.3 is 0 Å². The number of carbonyl (C=O) groups is 1. The summed E-state index contributed by atoms with van der Waals surface area (Å²) in [5, 5.41) is 13.7. The molecule has 1 heterocycles. The van der Waals surface area contributed by atoms with E-state index in [1.54, 1.807) is 18.2 Å². The smallest absolute Gasteiger partial charge is 0.251 e. The topological polar surface area (TPSA) is 72.7 Å². The molecular weight excluding hydrogens is 218 g/mol. The summed E-state index contributed by atoms with van der Waals surface area (Å²) >= 11 is 0. The van der Waals surface area contributed by atoms with Crippen molar-refractivity contribution in [1.82, 2.24) is 25.5 Å². The maximum atomic E-state index is 11.8. The number of hydrogen-bond acceptors (Lipinski definition) is 4. The molecule has 0 aliphatic carbocycles. The fourth-order valence-electron chi connectivity index (χ4n) is 1.41. The number of benzene rings is 1. The van der Waals surface area contributed by atoms with E-state index < -0.39 is 0 Å². The second-order valence-electron chi connectivity index (χ2n) is 3.56. The van der Waals surface area contributed by atoms with Gasteiger partial charge in [0, 0.05) is 12.1 Å². The van der Waals surface area contributed by atoms with Gasteiger partial charge in [0.2, 0.25) is 0 Å². The summed E-state index contributed by atoms with van der Waals surface area (Å²) in [4.78, 5) is 11.8. The van der Waals surface area contributed by atoms with Crippen LogP contribution in [0.5, 0.6) is 0 Å². The number of nitrogens with zero attached hydrogens (tertiary/aromatic N) is 4. The molecule has 0 spiro atoms. The zero-order chi connectivity index (χ0) is 12.1. The number of carbonyl (C=O) groups excluding carboxylic acids is 1. The Bertz CT molecular complexity index is 494. The van der Waals surface area contributed by atoms with Crippen LogP contribution in [0.1, 0.15) is 23.7 Å². The average molecular weight is 231 g/mol. The van der Waals surface area contributed by atoms with Gasteiger partial charge in [-0.3, -0.25) is 4.79 Å². The van der Waals surface area contributed by atoms with Crippen molar-refractivity contribution in [2.45, 2.75) is 13.3 Å². The van der Waals surface area contributed by atoms with Gasteiger partial charge in [-0.25, -0.2) is 4.68 Å². The average Bonchev–Trinajstić information content (AvgIpc) is 2.90. The standard InChI is InChI=1S/C11H13N5O/c1-2-6-12-11(17)9-4-3-5-10(7-9)16-8-13-14-15-16/h3-5,7-8H,2,6H2,1H3,(H,12,17). The number of amides is 1. The first-order valence-electron chi connectivity index (χ1n) is 5.43. The lowest BCUT2D eigenvalue weighted by molar-refractivity contribution is 0.0953. The molecule has 1 amide bonds. The van der Waals surface area contributed by atoms with E-state index in [0.717, 1.165) is 12.1 Å². The number of rotatable bonds is 4. The van der Waals surface area contributed by atoms with Crippen molar-refractivity contribution in [3.05, 3.63) is 36.2 Å². The molecule has 17 heavy (non-hydrogen) atoms. The van der Waals surface area contributed by atoms with Crippen LogP contribution in [-0.4, -0.2) is 32.7 Å². The van der Waals surface area contributed by atoms with Gasteiger partial charge in [-0.05, 0) is 35.0 Å². The van der Waals surface area contributed by atoms with Crippen LogP contribution in [0.3, 0.4) is 0 Å². The summed E-state index contributed by atoms with van der Waals surface area (Å²) in [5.74, 6) is -0.0817. The molecule has 0 atom stereocenters. The van der Waals surface area contributed by atoms with Crippen molar-refractivity contribution in [3.63, 3.8) is 0 Å². The Morgan fingerprint density at radius 1 is 1.47 bits per heavy atom. The third kappa shape index (κ3) is 2.66. The Morgan fingerprint density at radius 2 is 2.35 bits per heavy atom. The van der Waals surface area contributed by atoms with E-state index in [0.29, 0.717) is 12.1 Å². The van der Waals surface area contributed by atoms with Gasteiger partial charge in [0.25, 0.3) is 5.91 Å². The molecule has 0 saturated carbocycles. The molecule has 1 N–H and O–H groups in total. The highest BCUT2D eigenvalue weighted by Crippen LogP contribution is 2.08. The fourth-order valence-corrected chi connectivity index (χ4v) is 1.41. The maximum absolute atomic E-state index is 11.8. The molecule has 0 aliphatic rings. The summed E-state index contributed by atoms with van der Waals surface area (Å²) in [7, 11) is 0. The van der Waals surface area contributed by atoms with Gasteiger partial charge in [0.05, 0.1) is 5.69 Å². The Morgan fingerprint density at radius 3 is 3.06 bits per heavy atom. The van der Waals surface area contributed by atoms with Gasteiger partial charge in [-0.15, -0.1) is 5.10 Å². The third-order valence-electron chi connectivity index (χ3n) is 2.26. The normalized spacial score (nSPS) is 10.2. The summed E-state index contributed by atoms with van der Waals surface area (Å²) in [5.41, 5.74) is 1.37. The zero-order valence-electron chi connectivity index (χ0n) is 9.50. The first kappa shape index (κ1) is 11.3. The van der Waals surface area contributed by atoms with Gasteiger partial charge in [-0.2, -0.15) is 0 Å². The van der Waals surface area contributed by atoms with Crippen LogP contribution in [0.2, 0.25) is 0 Å². The van der Waals surface area contributed by atoms with Crippen molar-refractivity contribution in [2.24, 2.45) is 0 Å². The molecule has 0 unspecified atom stereocenters. The first-order chi connectivity index (χ1) is 8.31. The van der Waals surface area contributed by atoms with E-state index in [2.05, 4.69) is 20.8 Å². The quantitative estimate of drug-likeness (QED) is 0.844. The summed E-state index contributed by atoms with van der Waals surface area (Å²) < 4.78 is 1.51. The highest BCUT2D eigenvalue weighted by atomic mass is 16.1. The van der Waals surface area contributed by atoms with E-state index in [1.165, 1.54) is 11.0 Å². The van der Waals surface area contributed by atoms with Crippen molar-refractivity contribution in [2.75, 3.05) is 6.54 Å². The second kappa shape index (κ2) is 5.20. The van der Waals surface area contributed by atoms with Crippen LogP contribution < -0.4 is 5.32 Å². The van der Waals surface area contributed by atoms with Crippen molar-refractivity contribution in [3.8, 4) is 5.69 Å². The SMILES string of the molecule is CCCNC(=O)c1cccc(-n2cnnn2)c1. The molecule has 6 nitrogen and oxygen atoms in total.